The number of hydrogen-bond donors (Lipinski definition) is 0. The van der Waals surface area contributed by atoms with E-state index in [1.807, 2.05) is 30.7 Å². The number of thioether (sulfide) groups is 1. The van der Waals surface area contributed by atoms with E-state index in [-0.39, 0.29) is 5.56 Å². The van der Waals surface area contributed by atoms with Crippen molar-refractivity contribution in [3.05, 3.63) is 62.5 Å². The molecule has 8 heteroatoms. The van der Waals surface area contributed by atoms with Crippen LogP contribution in [-0.4, -0.2) is 25.1 Å². The maximum atomic E-state index is 12.9. The summed E-state index contributed by atoms with van der Waals surface area (Å²) in [5, 5.41) is 10.2. The first-order valence-corrected chi connectivity index (χ1v) is 9.41. The molecule has 0 fully saturated rings. The van der Waals surface area contributed by atoms with Crippen LogP contribution in [0.2, 0.25) is 10.0 Å². The molecule has 0 saturated heterocycles. The molecule has 0 saturated carbocycles. The minimum atomic E-state index is -0.142. The summed E-state index contributed by atoms with van der Waals surface area (Å²) >= 11 is 13.7. The summed E-state index contributed by atoms with van der Waals surface area (Å²) in [4.78, 5) is 12.9. The van der Waals surface area contributed by atoms with E-state index in [1.54, 1.807) is 40.7 Å². The van der Waals surface area contributed by atoms with Gasteiger partial charge in [-0.1, -0.05) is 48.0 Å². The van der Waals surface area contributed by atoms with Gasteiger partial charge in [0, 0.05) is 23.3 Å². The molecule has 0 atom stereocenters. The second kappa shape index (κ2) is 7.64. The van der Waals surface area contributed by atoms with Gasteiger partial charge < -0.3 is 9.13 Å². The summed E-state index contributed by atoms with van der Waals surface area (Å²) in [6.45, 7) is 2.40. The molecule has 3 aromatic rings. The van der Waals surface area contributed by atoms with Crippen molar-refractivity contribution >= 4 is 35.0 Å². The molecule has 2 heterocycles. The second-order valence-corrected chi connectivity index (χ2v) is 7.46. The van der Waals surface area contributed by atoms with Gasteiger partial charge in [-0.05, 0) is 35.6 Å². The molecule has 0 bridgehead atoms. The number of pyridine rings is 1. The molecule has 0 aliphatic rings. The van der Waals surface area contributed by atoms with Gasteiger partial charge in [-0.25, -0.2) is 0 Å². The van der Waals surface area contributed by atoms with Gasteiger partial charge in [0.1, 0.15) is 0 Å². The Kier molecular flexibility index (Phi) is 5.51. The van der Waals surface area contributed by atoms with E-state index in [9.17, 15) is 4.79 Å². The quantitative estimate of drug-likeness (QED) is 0.610. The van der Waals surface area contributed by atoms with Crippen molar-refractivity contribution in [3.8, 4) is 11.4 Å². The summed E-state index contributed by atoms with van der Waals surface area (Å²) in [7, 11) is 1.86. The Morgan fingerprint density at radius 2 is 2.00 bits per heavy atom. The van der Waals surface area contributed by atoms with Crippen LogP contribution in [0, 0.1) is 0 Å². The van der Waals surface area contributed by atoms with E-state index < -0.39 is 0 Å². The normalized spacial score (nSPS) is 11.0. The second-order valence-electron chi connectivity index (χ2n) is 5.39. The molecule has 25 heavy (non-hydrogen) atoms. The van der Waals surface area contributed by atoms with E-state index in [4.69, 9.17) is 23.2 Å². The molecule has 0 spiro atoms. The zero-order valence-electron chi connectivity index (χ0n) is 13.7. The Balaban J connectivity index is 1.99. The van der Waals surface area contributed by atoms with Crippen LogP contribution in [0.1, 0.15) is 12.5 Å². The highest BCUT2D eigenvalue weighted by molar-refractivity contribution is 7.99. The molecule has 0 amide bonds. The Bertz CT molecular complexity index is 968. The lowest BCUT2D eigenvalue weighted by atomic mass is 10.2. The van der Waals surface area contributed by atoms with Gasteiger partial charge in [0.05, 0.1) is 12.1 Å². The summed E-state index contributed by atoms with van der Waals surface area (Å²) < 4.78 is 3.44. The molecule has 2 aromatic heterocycles. The Labute approximate surface area is 159 Å². The van der Waals surface area contributed by atoms with Crippen molar-refractivity contribution in [2.75, 3.05) is 5.75 Å². The Morgan fingerprint density at radius 1 is 1.20 bits per heavy atom. The molecular formula is C17H16Cl2N4OS. The largest absolute Gasteiger partial charge is 0.310 e. The number of hydrogen-bond acceptors (Lipinski definition) is 4. The minimum absolute atomic E-state index is 0.142. The lowest BCUT2D eigenvalue weighted by Crippen LogP contribution is -2.22. The SMILES string of the molecule is CCSc1nnc(-c2cccn(Cc3ccc(Cl)cc3Cl)c2=O)n1C. The van der Waals surface area contributed by atoms with Crippen molar-refractivity contribution in [1.82, 2.24) is 19.3 Å². The average molecular weight is 395 g/mol. The fraction of sp³-hybridized carbons (Fsp3) is 0.235. The van der Waals surface area contributed by atoms with Crippen molar-refractivity contribution in [2.45, 2.75) is 18.6 Å². The monoisotopic (exact) mass is 394 g/mol. The highest BCUT2D eigenvalue weighted by atomic mass is 35.5. The van der Waals surface area contributed by atoms with E-state index in [1.165, 1.54) is 0 Å². The first-order chi connectivity index (χ1) is 12.0. The lowest BCUT2D eigenvalue weighted by Gasteiger charge is -2.10. The molecule has 5 nitrogen and oxygen atoms in total. The number of halogens is 2. The lowest BCUT2D eigenvalue weighted by molar-refractivity contribution is 0.754. The summed E-state index contributed by atoms with van der Waals surface area (Å²) in [5.41, 5.74) is 1.19. The maximum Gasteiger partial charge on any atom is 0.261 e. The van der Waals surface area contributed by atoms with Gasteiger partial charge in [-0.15, -0.1) is 10.2 Å². The molecular weight excluding hydrogens is 379 g/mol. The van der Waals surface area contributed by atoms with Crippen LogP contribution >= 0.6 is 35.0 Å². The van der Waals surface area contributed by atoms with Gasteiger partial charge >= 0.3 is 0 Å². The predicted octanol–water partition coefficient (Wildman–Crippen LogP) is 4.11. The third-order valence-corrected chi connectivity index (χ3v) is 5.21. The van der Waals surface area contributed by atoms with Gasteiger partial charge in [-0.2, -0.15) is 0 Å². The van der Waals surface area contributed by atoms with Crippen molar-refractivity contribution < 1.29 is 0 Å². The predicted molar refractivity (Wildman–Crippen MR) is 103 cm³/mol. The summed E-state index contributed by atoms with van der Waals surface area (Å²) in [6, 6.07) is 8.83. The van der Waals surface area contributed by atoms with Gasteiger partial charge in [-0.3, -0.25) is 4.79 Å². The third-order valence-electron chi connectivity index (χ3n) is 3.73. The molecule has 3 rings (SSSR count). The van der Waals surface area contributed by atoms with Gasteiger partial charge in [0.2, 0.25) is 0 Å². The summed E-state index contributed by atoms with van der Waals surface area (Å²) in [5.74, 6) is 1.44. The van der Waals surface area contributed by atoms with E-state index >= 15 is 0 Å². The van der Waals surface area contributed by atoms with E-state index in [0.29, 0.717) is 28.0 Å². The van der Waals surface area contributed by atoms with Crippen LogP contribution in [0.3, 0.4) is 0 Å². The standard InChI is InChI=1S/C17H16Cl2N4OS/c1-3-25-17-21-20-15(22(17)2)13-5-4-8-23(16(13)24)10-11-6-7-12(18)9-14(11)19/h4-9H,3,10H2,1-2H3. The highest BCUT2D eigenvalue weighted by Gasteiger charge is 2.15. The van der Waals surface area contributed by atoms with Crippen LogP contribution in [0.5, 0.6) is 0 Å². The molecule has 0 N–H and O–H groups in total. The van der Waals surface area contributed by atoms with Crippen molar-refractivity contribution in [2.24, 2.45) is 7.05 Å². The Hall–Kier alpha value is -1.76. The minimum Gasteiger partial charge on any atom is -0.310 e. The van der Waals surface area contributed by atoms with Crippen LogP contribution in [0.15, 0.2) is 46.5 Å². The molecule has 1 aromatic carbocycles. The van der Waals surface area contributed by atoms with Crippen molar-refractivity contribution in [1.29, 1.82) is 0 Å². The van der Waals surface area contributed by atoms with Gasteiger partial charge in [0.15, 0.2) is 11.0 Å². The van der Waals surface area contributed by atoms with Crippen LogP contribution in [0.4, 0.5) is 0 Å². The van der Waals surface area contributed by atoms with E-state index in [0.717, 1.165) is 16.5 Å². The smallest absolute Gasteiger partial charge is 0.261 e. The topological polar surface area (TPSA) is 52.7 Å². The zero-order chi connectivity index (χ0) is 18.0. The number of nitrogens with zero attached hydrogens (tertiary/aromatic N) is 4. The molecule has 0 aliphatic heterocycles. The Morgan fingerprint density at radius 3 is 2.72 bits per heavy atom. The number of aromatic nitrogens is 4. The van der Waals surface area contributed by atoms with Crippen LogP contribution in [0.25, 0.3) is 11.4 Å². The zero-order valence-corrected chi connectivity index (χ0v) is 16.1. The van der Waals surface area contributed by atoms with Crippen LogP contribution in [-0.2, 0) is 13.6 Å². The first kappa shape index (κ1) is 18.0. The molecule has 0 unspecified atom stereocenters. The third kappa shape index (κ3) is 3.76. The maximum absolute atomic E-state index is 12.9. The molecule has 0 aliphatic carbocycles. The van der Waals surface area contributed by atoms with Crippen LogP contribution < -0.4 is 5.56 Å². The first-order valence-electron chi connectivity index (χ1n) is 7.67. The highest BCUT2D eigenvalue weighted by Crippen LogP contribution is 2.22. The van der Waals surface area contributed by atoms with E-state index in [2.05, 4.69) is 10.2 Å². The fourth-order valence-corrected chi connectivity index (χ4v) is 3.57. The van der Waals surface area contributed by atoms with Gasteiger partial charge in [0.25, 0.3) is 5.56 Å². The average Bonchev–Trinajstić information content (AvgIpc) is 2.93. The summed E-state index contributed by atoms with van der Waals surface area (Å²) in [6.07, 6.45) is 1.73. The molecule has 0 radical (unpaired) electrons. The molecule has 130 valence electrons. The number of rotatable bonds is 5. The van der Waals surface area contributed by atoms with Crippen molar-refractivity contribution in [3.63, 3.8) is 0 Å². The number of benzene rings is 1. The fourth-order valence-electron chi connectivity index (χ4n) is 2.47.